The number of carbonyl (C=O) groups is 1. The van der Waals surface area contributed by atoms with Gasteiger partial charge in [0.2, 0.25) is 0 Å². The summed E-state index contributed by atoms with van der Waals surface area (Å²) in [5.41, 5.74) is 0.133. The highest BCUT2D eigenvalue weighted by molar-refractivity contribution is 7.87. The van der Waals surface area contributed by atoms with Crippen LogP contribution in [0.2, 0.25) is 0 Å². The number of hydrogen-bond donors (Lipinski definition) is 0. The highest BCUT2D eigenvalue weighted by atomic mass is 32.2. The van der Waals surface area contributed by atoms with Gasteiger partial charge in [-0.3, -0.25) is 0 Å². The van der Waals surface area contributed by atoms with Crippen molar-refractivity contribution < 1.29 is 22.1 Å². The van der Waals surface area contributed by atoms with E-state index in [1.165, 1.54) is 12.1 Å². The molecule has 21 heavy (non-hydrogen) atoms. The van der Waals surface area contributed by atoms with Crippen LogP contribution in [0.15, 0.2) is 24.3 Å². The van der Waals surface area contributed by atoms with Crippen LogP contribution in [0.25, 0.3) is 0 Å². The minimum Gasteiger partial charge on any atom is -0.462 e. The number of rotatable bonds is 9. The molecule has 0 aliphatic rings. The molecule has 0 heterocycles. The molecule has 0 unspecified atom stereocenters. The fraction of sp³-hybridized carbons (Fsp3) is 0.533. The molecule has 0 radical (unpaired) electrons. The second-order valence-corrected chi connectivity index (χ2v) is 6.37. The molecule has 0 N–H and O–H groups in total. The van der Waals surface area contributed by atoms with Gasteiger partial charge in [-0.15, -0.1) is 0 Å². The molecule has 6 heteroatoms. The summed E-state index contributed by atoms with van der Waals surface area (Å²) in [6, 6.07) is 6.22. The second kappa shape index (κ2) is 8.67. The van der Waals surface area contributed by atoms with Crippen molar-refractivity contribution in [3.05, 3.63) is 29.8 Å². The van der Waals surface area contributed by atoms with Crippen molar-refractivity contribution >= 4 is 16.1 Å². The predicted octanol–water partition coefficient (Wildman–Crippen LogP) is 3.15. The highest BCUT2D eigenvalue weighted by Crippen LogP contribution is 2.21. The van der Waals surface area contributed by atoms with Crippen molar-refractivity contribution in [2.45, 2.75) is 39.5 Å². The molecule has 0 saturated heterocycles. The quantitative estimate of drug-likeness (QED) is 0.398. The first kappa shape index (κ1) is 17.5. The van der Waals surface area contributed by atoms with Gasteiger partial charge < -0.3 is 8.92 Å². The molecule has 5 nitrogen and oxygen atoms in total. The van der Waals surface area contributed by atoms with Crippen molar-refractivity contribution in [2.24, 2.45) is 0 Å². The summed E-state index contributed by atoms with van der Waals surface area (Å²) in [5, 5.41) is 0. The minimum atomic E-state index is -3.69. The average molecular weight is 314 g/mol. The first-order valence-electron chi connectivity index (χ1n) is 7.18. The van der Waals surface area contributed by atoms with Crippen LogP contribution in [0.1, 0.15) is 49.9 Å². The Morgan fingerprint density at radius 1 is 1.10 bits per heavy atom. The van der Waals surface area contributed by atoms with Gasteiger partial charge in [-0.05, 0) is 25.0 Å². The Labute approximate surface area is 126 Å². The van der Waals surface area contributed by atoms with Crippen molar-refractivity contribution in [1.29, 1.82) is 0 Å². The van der Waals surface area contributed by atoms with Gasteiger partial charge in [-0.25, -0.2) is 4.79 Å². The normalized spacial score (nSPS) is 11.1. The predicted molar refractivity (Wildman–Crippen MR) is 81.0 cm³/mol. The average Bonchev–Trinajstić information content (AvgIpc) is 2.45. The molecule has 0 spiro atoms. The van der Waals surface area contributed by atoms with Crippen LogP contribution in [0.3, 0.4) is 0 Å². The standard InChI is InChI=1S/C15H22O5S/c1-3-5-11-19-15(16)13-9-7-8-10-14(13)20-21(17,18)12-6-4-2/h7-10H,3-6,11-12H2,1-2H3. The highest BCUT2D eigenvalue weighted by Gasteiger charge is 2.19. The fourth-order valence-corrected chi connectivity index (χ4v) is 2.74. The molecule has 0 aliphatic heterocycles. The molecule has 0 atom stereocenters. The molecular formula is C15H22O5S. The smallest absolute Gasteiger partial charge is 0.341 e. The Hall–Kier alpha value is -1.56. The molecule has 1 aromatic carbocycles. The van der Waals surface area contributed by atoms with E-state index in [0.29, 0.717) is 13.0 Å². The van der Waals surface area contributed by atoms with Crippen LogP contribution in [0.5, 0.6) is 5.75 Å². The number of para-hydroxylation sites is 1. The lowest BCUT2D eigenvalue weighted by Gasteiger charge is -2.11. The first-order valence-corrected chi connectivity index (χ1v) is 8.76. The van der Waals surface area contributed by atoms with Crippen molar-refractivity contribution in [1.82, 2.24) is 0 Å². The largest absolute Gasteiger partial charge is 0.462 e. The van der Waals surface area contributed by atoms with E-state index in [0.717, 1.165) is 19.3 Å². The van der Waals surface area contributed by atoms with Crippen LogP contribution in [0, 0.1) is 0 Å². The van der Waals surface area contributed by atoms with Crippen LogP contribution >= 0.6 is 0 Å². The summed E-state index contributed by atoms with van der Waals surface area (Å²) < 4.78 is 33.8. The number of hydrogen-bond acceptors (Lipinski definition) is 5. The van der Waals surface area contributed by atoms with Gasteiger partial charge in [-0.2, -0.15) is 8.42 Å². The zero-order valence-corrected chi connectivity index (χ0v) is 13.3. The van der Waals surface area contributed by atoms with E-state index in [1.807, 2.05) is 13.8 Å². The van der Waals surface area contributed by atoms with E-state index < -0.39 is 16.1 Å². The van der Waals surface area contributed by atoms with Gasteiger partial charge in [0.1, 0.15) is 5.56 Å². The van der Waals surface area contributed by atoms with Gasteiger partial charge in [0, 0.05) is 0 Å². The molecule has 0 fully saturated rings. The zero-order valence-electron chi connectivity index (χ0n) is 12.5. The number of benzene rings is 1. The molecule has 0 aromatic heterocycles. The summed E-state index contributed by atoms with van der Waals surface area (Å²) in [7, 11) is -3.69. The monoisotopic (exact) mass is 314 g/mol. The lowest BCUT2D eigenvalue weighted by Crippen LogP contribution is -2.16. The van der Waals surface area contributed by atoms with E-state index >= 15 is 0 Å². The maximum atomic E-state index is 11.9. The number of ether oxygens (including phenoxy) is 1. The van der Waals surface area contributed by atoms with Crippen molar-refractivity contribution in [3.63, 3.8) is 0 Å². The van der Waals surface area contributed by atoms with Gasteiger partial charge in [-0.1, -0.05) is 38.8 Å². The Kier molecular flexibility index (Phi) is 7.22. The molecule has 1 aromatic rings. The lowest BCUT2D eigenvalue weighted by molar-refractivity contribution is 0.0498. The second-order valence-electron chi connectivity index (χ2n) is 4.68. The molecule has 0 amide bonds. The van der Waals surface area contributed by atoms with E-state index in [9.17, 15) is 13.2 Å². The van der Waals surface area contributed by atoms with Gasteiger partial charge in [0.15, 0.2) is 5.75 Å². The molecule has 118 valence electrons. The van der Waals surface area contributed by atoms with Gasteiger partial charge >= 0.3 is 16.1 Å². The number of esters is 1. The zero-order chi connectivity index (χ0) is 15.7. The Bertz CT molecular complexity index is 551. The van der Waals surface area contributed by atoms with E-state index in [4.69, 9.17) is 8.92 Å². The minimum absolute atomic E-state index is 0.0232. The topological polar surface area (TPSA) is 69.7 Å². The van der Waals surface area contributed by atoms with Crippen molar-refractivity contribution in [3.8, 4) is 5.75 Å². The maximum absolute atomic E-state index is 11.9. The molecule has 0 aliphatic carbocycles. The molecule has 0 saturated carbocycles. The summed E-state index contributed by atoms with van der Waals surface area (Å²) in [5.74, 6) is -0.609. The Morgan fingerprint density at radius 3 is 2.43 bits per heavy atom. The third-order valence-electron chi connectivity index (χ3n) is 2.80. The Balaban J connectivity index is 2.82. The third kappa shape index (κ3) is 6.16. The molecule has 0 bridgehead atoms. The summed E-state index contributed by atoms with van der Waals surface area (Å²) in [6.45, 7) is 4.20. The number of unbranched alkanes of at least 4 members (excludes halogenated alkanes) is 2. The van der Waals surface area contributed by atoms with E-state index in [1.54, 1.807) is 12.1 Å². The summed E-state index contributed by atoms with van der Waals surface area (Å²) in [6.07, 6.45) is 2.95. The van der Waals surface area contributed by atoms with Crippen LogP contribution in [-0.4, -0.2) is 26.7 Å². The first-order chi connectivity index (χ1) is 10.00. The summed E-state index contributed by atoms with van der Waals surface area (Å²) >= 11 is 0. The fourth-order valence-electron chi connectivity index (χ4n) is 1.59. The Morgan fingerprint density at radius 2 is 1.76 bits per heavy atom. The van der Waals surface area contributed by atoms with Gasteiger partial charge in [0.25, 0.3) is 0 Å². The van der Waals surface area contributed by atoms with Crippen LogP contribution in [0.4, 0.5) is 0 Å². The van der Waals surface area contributed by atoms with E-state index in [2.05, 4.69) is 0 Å². The van der Waals surface area contributed by atoms with E-state index in [-0.39, 0.29) is 17.1 Å². The lowest BCUT2D eigenvalue weighted by atomic mass is 10.2. The SMILES string of the molecule is CCCCOC(=O)c1ccccc1OS(=O)(=O)CCCC. The summed E-state index contributed by atoms with van der Waals surface area (Å²) in [4.78, 5) is 11.9. The van der Waals surface area contributed by atoms with Crippen molar-refractivity contribution in [2.75, 3.05) is 12.4 Å². The maximum Gasteiger partial charge on any atom is 0.341 e. The molecule has 1 rings (SSSR count). The van der Waals surface area contributed by atoms with Crippen LogP contribution < -0.4 is 4.18 Å². The third-order valence-corrected chi connectivity index (χ3v) is 4.02. The number of carbonyl (C=O) groups excluding carboxylic acids is 1. The van der Waals surface area contributed by atoms with Crippen LogP contribution in [-0.2, 0) is 14.9 Å². The van der Waals surface area contributed by atoms with Gasteiger partial charge in [0.05, 0.1) is 12.4 Å². The molecular weight excluding hydrogens is 292 g/mol.